The molecular weight excluding hydrogens is 440 g/mol. The third kappa shape index (κ3) is 7.98. The molecule has 1 atom stereocenters. The number of sulfonamides is 1. The number of benzene rings is 2. The summed E-state index contributed by atoms with van der Waals surface area (Å²) in [5, 5.41) is 2.86. The van der Waals surface area contributed by atoms with Crippen LogP contribution in [-0.4, -0.2) is 45.1 Å². The monoisotopic (exact) mass is 474 g/mol. The Bertz CT molecular complexity index is 1020. The van der Waals surface area contributed by atoms with Crippen LogP contribution in [0.4, 0.5) is 0 Å². The molecule has 1 unspecified atom stereocenters. The smallest absolute Gasteiger partial charge is 0.242 e. The van der Waals surface area contributed by atoms with Crippen LogP contribution in [0.3, 0.4) is 0 Å². The highest BCUT2D eigenvalue weighted by Crippen LogP contribution is 2.19. The Hall–Kier alpha value is -2.71. The summed E-state index contributed by atoms with van der Waals surface area (Å²) >= 11 is 0. The molecule has 1 N–H and O–H groups in total. The van der Waals surface area contributed by atoms with Crippen molar-refractivity contribution in [3.05, 3.63) is 59.7 Å². The number of hydrogen-bond donors (Lipinski definition) is 1. The van der Waals surface area contributed by atoms with E-state index in [4.69, 9.17) is 4.74 Å². The van der Waals surface area contributed by atoms with Crippen LogP contribution in [0.1, 0.15) is 67.9 Å². The number of nitrogens with zero attached hydrogens (tertiary/aromatic N) is 1. The van der Waals surface area contributed by atoms with Gasteiger partial charge in [-0.05, 0) is 55.3 Å². The molecule has 0 aliphatic heterocycles. The molecule has 0 heterocycles. The van der Waals surface area contributed by atoms with Crippen molar-refractivity contribution < 1.29 is 22.7 Å². The first-order chi connectivity index (χ1) is 15.6. The molecule has 33 heavy (non-hydrogen) atoms. The van der Waals surface area contributed by atoms with Gasteiger partial charge in [0.15, 0.2) is 5.78 Å². The van der Waals surface area contributed by atoms with Crippen LogP contribution in [0.25, 0.3) is 0 Å². The highest BCUT2D eigenvalue weighted by Gasteiger charge is 2.18. The minimum Gasteiger partial charge on any atom is -0.494 e. The van der Waals surface area contributed by atoms with Gasteiger partial charge in [-0.3, -0.25) is 9.59 Å². The molecule has 2 rings (SSSR count). The molecule has 180 valence electrons. The molecule has 7 nitrogen and oxygen atoms in total. The van der Waals surface area contributed by atoms with Gasteiger partial charge >= 0.3 is 0 Å². The van der Waals surface area contributed by atoms with Crippen molar-refractivity contribution in [2.24, 2.45) is 0 Å². The van der Waals surface area contributed by atoms with Crippen molar-refractivity contribution in [1.82, 2.24) is 9.62 Å². The van der Waals surface area contributed by atoms with Crippen LogP contribution in [0.15, 0.2) is 53.4 Å². The lowest BCUT2D eigenvalue weighted by atomic mass is 10.1. The molecule has 0 spiro atoms. The first kappa shape index (κ1) is 26.5. The third-order valence-corrected chi connectivity index (χ3v) is 7.14. The third-order valence-electron chi connectivity index (χ3n) is 5.31. The van der Waals surface area contributed by atoms with Gasteiger partial charge in [0.25, 0.3) is 0 Å². The van der Waals surface area contributed by atoms with E-state index in [1.54, 1.807) is 36.4 Å². The quantitative estimate of drug-likeness (QED) is 0.344. The topological polar surface area (TPSA) is 92.8 Å². The summed E-state index contributed by atoms with van der Waals surface area (Å²) in [4.78, 5) is 24.9. The fourth-order valence-corrected chi connectivity index (χ4v) is 4.09. The van der Waals surface area contributed by atoms with Gasteiger partial charge in [0.1, 0.15) is 5.75 Å². The van der Waals surface area contributed by atoms with E-state index in [-0.39, 0.29) is 35.5 Å². The van der Waals surface area contributed by atoms with Crippen LogP contribution >= 0.6 is 0 Å². The minimum absolute atomic E-state index is 0.0749. The van der Waals surface area contributed by atoms with Gasteiger partial charge in [-0.2, -0.15) is 0 Å². The second-order valence-corrected chi connectivity index (χ2v) is 10.3. The van der Waals surface area contributed by atoms with Crippen LogP contribution in [0, 0.1) is 0 Å². The average Bonchev–Trinajstić information content (AvgIpc) is 2.80. The van der Waals surface area contributed by atoms with Crippen LogP contribution < -0.4 is 10.1 Å². The first-order valence-corrected chi connectivity index (χ1v) is 12.7. The zero-order chi connectivity index (χ0) is 24.4. The summed E-state index contributed by atoms with van der Waals surface area (Å²) in [7, 11) is -0.544. The van der Waals surface area contributed by atoms with Crippen molar-refractivity contribution in [1.29, 1.82) is 0 Å². The predicted octanol–water partition coefficient (Wildman–Crippen LogP) is 4.35. The average molecular weight is 475 g/mol. The number of ether oxygens (including phenoxy) is 1. The van der Waals surface area contributed by atoms with Gasteiger partial charge < -0.3 is 10.1 Å². The Labute approximate surface area is 197 Å². The van der Waals surface area contributed by atoms with E-state index in [0.29, 0.717) is 12.2 Å². The van der Waals surface area contributed by atoms with Crippen LogP contribution in [-0.2, 0) is 14.8 Å². The van der Waals surface area contributed by atoms with Crippen molar-refractivity contribution in [3.63, 3.8) is 0 Å². The Morgan fingerprint density at radius 3 is 2.18 bits per heavy atom. The zero-order valence-electron chi connectivity index (χ0n) is 19.8. The van der Waals surface area contributed by atoms with Crippen molar-refractivity contribution in [2.45, 2.75) is 56.9 Å². The number of Topliss-reactive ketones (excluding diaryl/α,β-unsaturated/α-hetero) is 1. The van der Waals surface area contributed by atoms with E-state index in [1.165, 1.54) is 26.2 Å². The molecule has 0 radical (unpaired) electrons. The SMILES string of the molecule is CCCCCOc1ccc(C(=O)CCC(=O)NC(C)c2ccc(S(=O)(=O)N(C)C)cc2)cc1. The van der Waals surface area contributed by atoms with E-state index >= 15 is 0 Å². The Kier molecular flexibility index (Phi) is 10.1. The van der Waals surface area contributed by atoms with E-state index in [9.17, 15) is 18.0 Å². The second kappa shape index (κ2) is 12.5. The molecule has 0 bridgehead atoms. The van der Waals surface area contributed by atoms with Crippen molar-refractivity contribution in [3.8, 4) is 5.75 Å². The van der Waals surface area contributed by atoms with E-state index in [1.807, 2.05) is 6.92 Å². The fraction of sp³-hybridized carbons (Fsp3) is 0.440. The summed E-state index contributed by atoms with van der Waals surface area (Å²) in [5.41, 5.74) is 1.33. The van der Waals surface area contributed by atoms with E-state index < -0.39 is 10.0 Å². The summed E-state index contributed by atoms with van der Waals surface area (Å²) in [6.45, 7) is 4.61. The van der Waals surface area contributed by atoms with Gasteiger partial charge in [0.2, 0.25) is 15.9 Å². The summed E-state index contributed by atoms with van der Waals surface area (Å²) < 4.78 is 31.1. The molecule has 8 heteroatoms. The molecule has 0 saturated heterocycles. The molecule has 0 aliphatic rings. The largest absolute Gasteiger partial charge is 0.494 e. The molecule has 1 amide bonds. The van der Waals surface area contributed by atoms with Gasteiger partial charge in [0.05, 0.1) is 17.5 Å². The number of nitrogens with one attached hydrogen (secondary N) is 1. The lowest BCUT2D eigenvalue weighted by Gasteiger charge is -2.16. The Morgan fingerprint density at radius 2 is 1.61 bits per heavy atom. The second-order valence-electron chi connectivity index (χ2n) is 8.15. The van der Waals surface area contributed by atoms with Crippen molar-refractivity contribution >= 4 is 21.7 Å². The van der Waals surface area contributed by atoms with Crippen LogP contribution in [0.2, 0.25) is 0 Å². The molecule has 0 fully saturated rings. The normalized spacial score (nSPS) is 12.4. The van der Waals surface area contributed by atoms with Gasteiger partial charge in [0, 0.05) is 32.5 Å². The van der Waals surface area contributed by atoms with Gasteiger partial charge in [-0.25, -0.2) is 12.7 Å². The first-order valence-electron chi connectivity index (χ1n) is 11.2. The fourth-order valence-electron chi connectivity index (χ4n) is 3.19. The van der Waals surface area contributed by atoms with Gasteiger partial charge in [-0.1, -0.05) is 31.9 Å². The summed E-state index contributed by atoms with van der Waals surface area (Å²) in [6, 6.07) is 13.1. The molecule has 2 aromatic rings. The summed E-state index contributed by atoms with van der Waals surface area (Å²) in [5.74, 6) is 0.393. The number of hydrogen-bond acceptors (Lipinski definition) is 5. The number of unbranched alkanes of at least 4 members (excludes halogenated alkanes) is 2. The number of amides is 1. The standard InChI is InChI=1S/C25H34N2O5S/c1-5-6-7-18-32-22-12-8-21(9-13-22)24(28)16-17-25(29)26-19(2)20-10-14-23(15-11-20)33(30,31)27(3)4/h8-15,19H,5-7,16-18H2,1-4H3,(H,26,29). The van der Waals surface area contributed by atoms with E-state index in [2.05, 4.69) is 12.2 Å². The minimum atomic E-state index is -3.50. The maximum atomic E-state index is 12.4. The molecular formula is C25H34N2O5S. The number of rotatable bonds is 13. The van der Waals surface area contributed by atoms with Crippen LogP contribution in [0.5, 0.6) is 5.75 Å². The summed E-state index contributed by atoms with van der Waals surface area (Å²) in [6.07, 6.45) is 3.45. The number of carbonyl (C=O) groups is 2. The predicted molar refractivity (Wildman–Crippen MR) is 129 cm³/mol. The maximum absolute atomic E-state index is 12.4. The molecule has 0 saturated carbocycles. The molecule has 0 aliphatic carbocycles. The lowest BCUT2D eigenvalue weighted by Crippen LogP contribution is -2.27. The molecule has 2 aromatic carbocycles. The van der Waals surface area contributed by atoms with Crippen molar-refractivity contribution in [2.75, 3.05) is 20.7 Å². The van der Waals surface area contributed by atoms with Gasteiger partial charge in [-0.15, -0.1) is 0 Å². The molecule has 0 aromatic heterocycles. The lowest BCUT2D eigenvalue weighted by molar-refractivity contribution is -0.121. The Morgan fingerprint density at radius 1 is 0.970 bits per heavy atom. The highest BCUT2D eigenvalue weighted by atomic mass is 32.2. The Balaban J connectivity index is 1.82. The number of carbonyl (C=O) groups excluding carboxylic acids is 2. The number of ketones is 1. The highest BCUT2D eigenvalue weighted by molar-refractivity contribution is 7.89. The zero-order valence-corrected chi connectivity index (χ0v) is 20.7. The van der Waals surface area contributed by atoms with E-state index in [0.717, 1.165) is 34.9 Å². The maximum Gasteiger partial charge on any atom is 0.242 e.